The summed E-state index contributed by atoms with van der Waals surface area (Å²) in [7, 11) is -3.52. The number of rotatable bonds is 7. The molecule has 5 nitrogen and oxygen atoms in total. The van der Waals surface area contributed by atoms with Gasteiger partial charge < -0.3 is 5.32 Å². The molecule has 0 spiro atoms. The standard InChI is InChI=1S/C19H23ClN2O3S2/c20-16-8-6-15(7-9-16)10-11-21-18(23)14-17-4-1-2-12-22(17)27(24,25)19-5-3-13-26-19/h3,5-9,13,17H,1-2,4,10-12,14H2,(H,21,23)/t17-/m1/s1. The second-order valence-electron chi connectivity index (χ2n) is 6.63. The van der Waals surface area contributed by atoms with Gasteiger partial charge in [-0.15, -0.1) is 11.3 Å². The average Bonchev–Trinajstić information content (AvgIpc) is 3.19. The Bertz CT molecular complexity index is 852. The van der Waals surface area contributed by atoms with Crippen LogP contribution in [-0.4, -0.2) is 37.8 Å². The second-order valence-corrected chi connectivity index (χ2v) is 10.1. The molecule has 1 amide bonds. The number of nitrogens with one attached hydrogen (secondary N) is 1. The van der Waals surface area contributed by atoms with Crippen molar-refractivity contribution in [3.8, 4) is 0 Å². The van der Waals surface area contributed by atoms with Crippen LogP contribution in [-0.2, 0) is 21.2 Å². The van der Waals surface area contributed by atoms with Crippen molar-refractivity contribution in [3.05, 3.63) is 52.4 Å². The third kappa shape index (κ3) is 5.31. The van der Waals surface area contributed by atoms with Gasteiger partial charge in [-0.05, 0) is 48.4 Å². The van der Waals surface area contributed by atoms with Crippen LogP contribution < -0.4 is 5.32 Å². The average molecular weight is 427 g/mol. The van der Waals surface area contributed by atoms with Crippen molar-refractivity contribution in [1.82, 2.24) is 9.62 Å². The summed E-state index contributed by atoms with van der Waals surface area (Å²) < 4.78 is 27.6. The summed E-state index contributed by atoms with van der Waals surface area (Å²) in [5.41, 5.74) is 1.10. The van der Waals surface area contributed by atoms with E-state index < -0.39 is 10.0 Å². The van der Waals surface area contributed by atoms with Gasteiger partial charge in [0.05, 0.1) is 0 Å². The Balaban J connectivity index is 1.56. The summed E-state index contributed by atoms with van der Waals surface area (Å²) >= 11 is 7.09. The minimum Gasteiger partial charge on any atom is -0.356 e. The first kappa shape index (κ1) is 20.3. The van der Waals surface area contributed by atoms with Crippen LogP contribution in [0, 0.1) is 0 Å². The van der Waals surface area contributed by atoms with Crippen LogP contribution in [0.4, 0.5) is 0 Å². The van der Waals surface area contributed by atoms with E-state index in [1.807, 2.05) is 24.3 Å². The van der Waals surface area contributed by atoms with Gasteiger partial charge in [0.1, 0.15) is 4.21 Å². The molecular weight excluding hydrogens is 404 g/mol. The SMILES string of the molecule is O=C(C[C@H]1CCCCN1S(=O)(=O)c1cccs1)NCCc1ccc(Cl)cc1. The Labute approximate surface area is 169 Å². The molecule has 1 aliphatic rings. The highest BCUT2D eigenvalue weighted by atomic mass is 35.5. The summed E-state index contributed by atoms with van der Waals surface area (Å²) in [5.74, 6) is -0.109. The highest BCUT2D eigenvalue weighted by molar-refractivity contribution is 7.91. The molecule has 8 heteroatoms. The second kappa shape index (κ2) is 9.19. The van der Waals surface area contributed by atoms with Crippen LogP contribution >= 0.6 is 22.9 Å². The Morgan fingerprint density at radius 1 is 1.22 bits per heavy atom. The molecule has 0 radical (unpaired) electrons. The molecule has 0 unspecified atom stereocenters. The maximum Gasteiger partial charge on any atom is 0.252 e. The zero-order valence-corrected chi connectivity index (χ0v) is 17.3. The summed E-state index contributed by atoms with van der Waals surface area (Å²) in [6.45, 7) is 0.994. The maximum absolute atomic E-state index is 12.9. The van der Waals surface area contributed by atoms with E-state index in [-0.39, 0.29) is 18.4 Å². The maximum atomic E-state index is 12.9. The molecule has 1 aliphatic heterocycles. The summed E-state index contributed by atoms with van der Waals surface area (Å²) in [4.78, 5) is 12.4. The minimum absolute atomic E-state index is 0.109. The van der Waals surface area contributed by atoms with Crippen molar-refractivity contribution in [1.29, 1.82) is 0 Å². The highest BCUT2D eigenvalue weighted by Crippen LogP contribution is 2.29. The third-order valence-electron chi connectivity index (χ3n) is 4.70. The molecule has 0 bridgehead atoms. The smallest absolute Gasteiger partial charge is 0.252 e. The third-order valence-corrected chi connectivity index (χ3v) is 8.28. The Hall–Kier alpha value is -1.41. The van der Waals surface area contributed by atoms with E-state index in [1.54, 1.807) is 17.5 Å². The lowest BCUT2D eigenvalue weighted by Crippen LogP contribution is -2.45. The normalized spacial score (nSPS) is 18.3. The first-order valence-corrected chi connectivity index (χ1v) is 11.7. The largest absolute Gasteiger partial charge is 0.356 e. The molecule has 1 aromatic carbocycles. The van der Waals surface area contributed by atoms with E-state index in [2.05, 4.69) is 5.32 Å². The number of halogens is 1. The molecule has 2 aromatic rings. The van der Waals surface area contributed by atoms with Gasteiger partial charge in [0, 0.05) is 30.6 Å². The van der Waals surface area contributed by atoms with Crippen molar-refractivity contribution >= 4 is 38.9 Å². The Kier molecular flexibility index (Phi) is 6.92. The molecule has 1 saturated heterocycles. The predicted octanol–water partition coefficient (Wildman–Crippen LogP) is 3.69. The molecule has 1 atom stereocenters. The topological polar surface area (TPSA) is 66.5 Å². The van der Waals surface area contributed by atoms with Crippen LogP contribution in [0.1, 0.15) is 31.2 Å². The fourth-order valence-electron chi connectivity index (χ4n) is 3.30. The van der Waals surface area contributed by atoms with Crippen LogP contribution in [0.5, 0.6) is 0 Å². The summed E-state index contributed by atoms with van der Waals surface area (Å²) in [6.07, 6.45) is 3.41. The molecule has 0 saturated carbocycles. The van der Waals surface area contributed by atoms with E-state index in [0.717, 1.165) is 24.8 Å². The fraction of sp³-hybridized carbons (Fsp3) is 0.421. The monoisotopic (exact) mass is 426 g/mol. The van der Waals surface area contributed by atoms with Gasteiger partial charge in [-0.3, -0.25) is 4.79 Å². The molecule has 146 valence electrons. The fourth-order valence-corrected chi connectivity index (χ4v) is 6.24. The van der Waals surface area contributed by atoms with Crippen molar-refractivity contribution in [2.75, 3.05) is 13.1 Å². The number of carbonyl (C=O) groups is 1. The van der Waals surface area contributed by atoms with Crippen molar-refractivity contribution < 1.29 is 13.2 Å². The van der Waals surface area contributed by atoms with Gasteiger partial charge in [-0.25, -0.2) is 8.42 Å². The number of piperidine rings is 1. The lowest BCUT2D eigenvalue weighted by molar-refractivity contribution is -0.122. The number of hydrogen-bond acceptors (Lipinski definition) is 4. The van der Waals surface area contributed by atoms with E-state index in [0.29, 0.717) is 28.7 Å². The first-order valence-electron chi connectivity index (χ1n) is 9.03. The number of hydrogen-bond donors (Lipinski definition) is 1. The molecule has 3 rings (SSSR count). The minimum atomic E-state index is -3.52. The zero-order chi connectivity index (χ0) is 19.3. The van der Waals surface area contributed by atoms with Crippen LogP contribution in [0.15, 0.2) is 46.0 Å². The number of thiophene rings is 1. The molecule has 1 aromatic heterocycles. The van der Waals surface area contributed by atoms with E-state index in [4.69, 9.17) is 11.6 Å². The lowest BCUT2D eigenvalue weighted by atomic mass is 10.0. The Morgan fingerprint density at radius 3 is 2.70 bits per heavy atom. The van der Waals surface area contributed by atoms with Crippen LogP contribution in [0.2, 0.25) is 5.02 Å². The molecule has 1 N–H and O–H groups in total. The number of sulfonamides is 1. The molecule has 2 heterocycles. The van der Waals surface area contributed by atoms with Crippen LogP contribution in [0.25, 0.3) is 0 Å². The molecular formula is C19H23ClN2O3S2. The number of amides is 1. The van der Waals surface area contributed by atoms with E-state index in [1.165, 1.54) is 15.6 Å². The van der Waals surface area contributed by atoms with Gasteiger partial charge in [0.2, 0.25) is 5.91 Å². The van der Waals surface area contributed by atoms with Crippen molar-refractivity contribution in [3.63, 3.8) is 0 Å². The number of benzene rings is 1. The zero-order valence-electron chi connectivity index (χ0n) is 14.9. The van der Waals surface area contributed by atoms with Crippen LogP contribution in [0.3, 0.4) is 0 Å². The van der Waals surface area contributed by atoms with Gasteiger partial charge in [-0.2, -0.15) is 4.31 Å². The first-order chi connectivity index (χ1) is 13.0. The van der Waals surface area contributed by atoms with E-state index >= 15 is 0 Å². The van der Waals surface area contributed by atoms with E-state index in [9.17, 15) is 13.2 Å². The van der Waals surface area contributed by atoms with Gasteiger partial charge >= 0.3 is 0 Å². The van der Waals surface area contributed by atoms with Gasteiger partial charge in [0.25, 0.3) is 10.0 Å². The number of carbonyl (C=O) groups excluding carboxylic acids is 1. The van der Waals surface area contributed by atoms with Crippen molar-refractivity contribution in [2.45, 2.75) is 42.4 Å². The lowest BCUT2D eigenvalue weighted by Gasteiger charge is -2.34. The summed E-state index contributed by atoms with van der Waals surface area (Å²) in [6, 6.07) is 10.6. The number of nitrogens with zero attached hydrogens (tertiary/aromatic N) is 1. The Morgan fingerprint density at radius 2 is 2.00 bits per heavy atom. The molecule has 0 aliphatic carbocycles. The highest BCUT2D eigenvalue weighted by Gasteiger charge is 2.35. The van der Waals surface area contributed by atoms with Gasteiger partial charge in [-0.1, -0.05) is 36.2 Å². The predicted molar refractivity (Wildman–Crippen MR) is 109 cm³/mol. The van der Waals surface area contributed by atoms with Gasteiger partial charge in [0.15, 0.2) is 0 Å². The summed E-state index contributed by atoms with van der Waals surface area (Å²) in [5, 5.41) is 5.36. The molecule has 1 fully saturated rings. The molecule has 27 heavy (non-hydrogen) atoms. The quantitative estimate of drug-likeness (QED) is 0.734. The van der Waals surface area contributed by atoms with Crippen molar-refractivity contribution in [2.24, 2.45) is 0 Å².